The number of thiophene rings is 1. The van der Waals surface area contributed by atoms with Gasteiger partial charge in [0, 0.05) is 6.04 Å². The molecule has 3 aromatic rings. The molecule has 0 aliphatic heterocycles. The molecular weight excluding hydrogens is 402 g/mol. The van der Waals surface area contributed by atoms with Gasteiger partial charge in [0.1, 0.15) is 4.70 Å². The van der Waals surface area contributed by atoms with Crippen LogP contribution in [0.25, 0.3) is 15.9 Å². The molecule has 0 saturated heterocycles. The molecule has 0 bridgehead atoms. The molecule has 2 aromatic heterocycles. The van der Waals surface area contributed by atoms with E-state index in [0.29, 0.717) is 15.4 Å². The smallest absolute Gasteiger partial charge is 0.276 e. The van der Waals surface area contributed by atoms with Gasteiger partial charge in [-0.05, 0) is 49.8 Å². The van der Waals surface area contributed by atoms with Crippen LogP contribution in [0, 0.1) is 13.8 Å². The molecular formula is C22H25N3O2S2. The summed E-state index contributed by atoms with van der Waals surface area (Å²) in [5.41, 5.74) is 3.59. The quantitative estimate of drug-likeness (QED) is 0.477. The summed E-state index contributed by atoms with van der Waals surface area (Å²) in [6.07, 6.45) is 5.74. The number of benzene rings is 1. The van der Waals surface area contributed by atoms with Crippen molar-refractivity contribution in [2.24, 2.45) is 0 Å². The van der Waals surface area contributed by atoms with Crippen molar-refractivity contribution in [1.29, 1.82) is 0 Å². The Balaban J connectivity index is 1.64. The van der Waals surface area contributed by atoms with Gasteiger partial charge in [-0.15, -0.1) is 11.3 Å². The fourth-order valence-electron chi connectivity index (χ4n) is 3.90. The first-order valence-electron chi connectivity index (χ1n) is 10.0. The summed E-state index contributed by atoms with van der Waals surface area (Å²) in [4.78, 5) is 30.4. The van der Waals surface area contributed by atoms with Crippen LogP contribution in [0.2, 0.25) is 0 Å². The minimum atomic E-state index is -0.0767. The number of nitrogens with zero attached hydrogens (tertiary/aromatic N) is 2. The molecule has 1 aliphatic rings. The molecule has 1 saturated carbocycles. The number of rotatable bonds is 5. The van der Waals surface area contributed by atoms with Crippen molar-refractivity contribution in [3.8, 4) is 5.69 Å². The summed E-state index contributed by atoms with van der Waals surface area (Å²) < 4.78 is 2.30. The third kappa shape index (κ3) is 4.41. The van der Waals surface area contributed by atoms with Crippen LogP contribution in [0.15, 0.2) is 39.6 Å². The summed E-state index contributed by atoms with van der Waals surface area (Å²) >= 11 is 2.73. The van der Waals surface area contributed by atoms with Gasteiger partial charge >= 0.3 is 0 Å². The lowest BCUT2D eigenvalue weighted by Gasteiger charge is -2.22. The van der Waals surface area contributed by atoms with Gasteiger partial charge < -0.3 is 5.32 Å². The average Bonchev–Trinajstić information content (AvgIpc) is 3.17. The Morgan fingerprint density at radius 1 is 1.24 bits per heavy atom. The fraction of sp³-hybridized carbons (Fsp3) is 0.409. The minimum Gasteiger partial charge on any atom is -0.353 e. The highest BCUT2D eigenvalue weighted by Crippen LogP contribution is 2.25. The van der Waals surface area contributed by atoms with E-state index in [1.165, 1.54) is 42.4 Å². The maximum Gasteiger partial charge on any atom is 0.276 e. The van der Waals surface area contributed by atoms with E-state index in [4.69, 9.17) is 4.98 Å². The number of amides is 1. The van der Waals surface area contributed by atoms with E-state index < -0.39 is 0 Å². The van der Waals surface area contributed by atoms with Crippen LogP contribution in [-0.4, -0.2) is 27.3 Å². The van der Waals surface area contributed by atoms with Gasteiger partial charge in [0.05, 0.1) is 17.0 Å². The van der Waals surface area contributed by atoms with Crippen molar-refractivity contribution in [2.45, 2.75) is 57.1 Å². The maximum absolute atomic E-state index is 13.2. The zero-order valence-corrected chi connectivity index (χ0v) is 18.4. The van der Waals surface area contributed by atoms with Crippen molar-refractivity contribution < 1.29 is 4.79 Å². The highest BCUT2D eigenvalue weighted by atomic mass is 32.2. The molecule has 0 radical (unpaired) electrons. The first-order valence-corrected chi connectivity index (χ1v) is 11.9. The second kappa shape index (κ2) is 8.71. The van der Waals surface area contributed by atoms with Crippen molar-refractivity contribution >= 4 is 39.2 Å². The maximum atomic E-state index is 13.2. The number of aromatic nitrogens is 2. The van der Waals surface area contributed by atoms with E-state index >= 15 is 0 Å². The number of aryl methyl sites for hydroxylation is 2. The van der Waals surface area contributed by atoms with Gasteiger partial charge in [0.2, 0.25) is 5.91 Å². The lowest BCUT2D eigenvalue weighted by Crippen LogP contribution is -2.37. The molecule has 29 heavy (non-hydrogen) atoms. The van der Waals surface area contributed by atoms with Gasteiger partial charge in [-0.3, -0.25) is 14.2 Å². The highest BCUT2D eigenvalue weighted by Gasteiger charge is 2.19. The Morgan fingerprint density at radius 2 is 2.03 bits per heavy atom. The van der Waals surface area contributed by atoms with E-state index in [9.17, 15) is 9.59 Å². The second-order valence-corrected chi connectivity index (χ2v) is 9.51. The molecule has 2 heterocycles. The molecule has 1 amide bonds. The van der Waals surface area contributed by atoms with Gasteiger partial charge in [-0.2, -0.15) is 0 Å². The monoisotopic (exact) mass is 427 g/mol. The second-order valence-electron chi connectivity index (χ2n) is 7.65. The SMILES string of the molecule is Cc1ccc(-n2c(SCC(=O)NC3CCCCC3)nc3ccsc3c2=O)c(C)c1. The fourth-order valence-corrected chi connectivity index (χ4v) is 5.48. The molecule has 5 nitrogen and oxygen atoms in total. The number of carbonyl (C=O) groups excluding carboxylic acids is 1. The number of hydrogen-bond donors (Lipinski definition) is 1. The van der Waals surface area contributed by atoms with Crippen molar-refractivity contribution in [3.05, 3.63) is 51.1 Å². The van der Waals surface area contributed by atoms with E-state index in [1.807, 2.05) is 37.4 Å². The Kier molecular flexibility index (Phi) is 6.06. The lowest BCUT2D eigenvalue weighted by molar-refractivity contribution is -0.119. The normalized spacial score (nSPS) is 15.0. The third-order valence-electron chi connectivity index (χ3n) is 5.35. The first-order chi connectivity index (χ1) is 14.0. The molecule has 7 heteroatoms. The predicted octanol–water partition coefficient (Wildman–Crippen LogP) is 4.61. The summed E-state index contributed by atoms with van der Waals surface area (Å²) in [6.45, 7) is 4.03. The summed E-state index contributed by atoms with van der Waals surface area (Å²) in [5.74, 6) is 0.262. The van der Waals surface area contributed by atoms with E-state index in [-0.39, 0.29) is 23.3 Å². The zero-order chi connectivity index (χ0) is 20.4. The van der Waals surface area contributed by atoms with Crippen molar-refractivity contribution in [3.63, 3.8) is 0 Å². The van der Waals surface area contributed by atoms with Crippen LogP contribution in [0.5, 0.6) is 0 Å². The zero-order valence-electron chi connectivity index (χ0n) is 16.7. The molecule has 152 valence electrons. The molecule has 0 atom stereocenters. The van der Waals surface area contributed by atoms with Crippen molar-refractivity contribution in [2.75, 3.05) is 5.75 Å². The van der Waals surface area contributed by atoms with Gasteiger partial charge in [0.15, 0.2) is 5.16 Å². The molecule has 4 rings (SSSR count). The standard InChI is InChI=1S/C22H25N3O2S2/c1-14-8-9-18(15(2)12-14)25-21(27)20-17(10-11-28-20)24-22(25)29-13-19(26)23-16-6-4-3-5-7-16/h8-12,16H,3-7,13H2,1-2H3,(H,23,26). The summed E-state index contributed by atoms with van der Waals surface area (Å²) in [5, 5.41) is 5.59. The van der Waals surface area contributed by atoms with Crippen LogP contribution < -0.4 is 10.9 Å². The summed E-state index contributed by atoms with van der Waals surface area (Å²) in [7, 11) is 0. The number of nitrogens with one attached hydrogen (secondary N) is 1. The molecule has 0 spiro atoms. The van der Waals surface area contributed by atoms with E-state index in [2.05, 4.69) is 11.4 Å². The number of carbonyl (C=O) groups is 1. The van der Waals surface area contributed by atoms with Crippen LogP contribution in [0.4, 0.5) is 0 Å². The predicted molar refractivity (Wildman–Crippen MR) is 120 cm³/mol. The average molecular weight is 428 g/mol. The third-order valence-corrected chi connectivity index (χ3v) is 7.18. The van der Waals surface area contributed by atoms with Gasteiger partial charge in [-0.1, -0.05) is 48.7 Å². The Bertz CT molecular complexity index is 1100. The van der Waals surface area contributed by atoms with Crippen molar-refractivity contribution in [1.82, 2.24) is 14.9 Å². The number of hydrogen-bond acceptors (Lipinski definition) is 5. The van der Waals surface area contributed by atoms with Gasteiger partial charge in [-0.25, -0.2) is 4.98 Å². The molecule has 0 unspecified atom stereocenters. The highest BCUT2D eigenvalue weighted by molar-refractivity contribution is 7.99. The Morgan fingerprint density at radius 3 is 2.79 bits per heavy atom. The Labute approximate surface area is 178 Å². The van der Waals surface area contributed by atoms with E-state index in [0.717, 1.165) is 29.7 Å². The number of fused-ring (bicyclic) bond motifs is 1. The Hall–Kier alpha value is -2.12. The summed E-state index contributed by atoms with van der Waals surface area (Å²) in [6, 6.07) is 8.16. The molecule has 1 N–H and O–H groups in total. The first kappa shape index (κ1) is 20.2. The largest absolute Gasteiger partial charge is 0.353 e. The van der Waals surface area contributed by atoms with Crippen LogP contribution in [-0.2, 0) is 4.79 Å². The molecule has 1 fully saturated rings. The molecule has 1 aromatic carbocycles. The van der Waals surface area contributed by atoms with E-state index in [1.54, 1.807) is 4.57 Å². The van der Waals surface area contributed by atoms with Crippen LogP contribution >= 0.6 is 23.1 Å². The molecule has 1 aliphatic carbocycles. The topological polar surface area (TPSA) is 64.0 Å². The van der Waals surface area contributed by atoms with Gasteiger partial charge in [0.25, 0.3) is 5.56 Å². The lowest BCUT2D eigenvalue weighted by atomic mass is 9.95. The van der Waals surface area contributed by atoms with Crippen LogP contribution in [0.1, 0.15) is 43.2 Å². The number of thioether (sulfide) groups is 1. The van der Waals surface area contributed by atoms with Crippen LogP contribution in [0.3, 0.4) is 0 Å². The minimum absolute atomic E-state index is 0.00810.